The van der Waals surface area contributed by atoms with Crippen LogP contribution in [0.15, 0.2) is 40.9 Å². The smallest absolute Gasteiger partial charge is 0.190 e. The van der Waals surface area contributed by atoms with Crippen LogP contribution in [0, 0.1) is 17.5 Å². The maximum atomic E-state index is 13.9. The van der Waals surface area contributed by atoms with Crippen LogP contribution in [0.5, 0.6) is 5.75 Å². The van der Waals surface area contributed by atoms with Gasteiger partial charge in [0.15, 0.2) is 17.4 Å². The lowest BCUT2D eigenvalue weighted by molar-refractivity contribution is 0.0634. The summed E-state index contributed by atoms with van der Waals surface area (Å²) in [5, 5.41) is 10.1. The van der Waals surface area contributed by atoms with E-state index in [0.29, 0.717) is 38.4 Å². The molecule has 2 aromatic carbocycles. The number of rotatable bonds is 6. The summed E-state index contributed by atoms with van der Waals surface area (Å²) in [6, 6.07) is 8.84. The second-order valence-corrected chi connectivity index (χ2v) is 7.32. The Balaban J connectivity index is 1.47. The lowest BCUT2D eigenvalue weighted by atomic mass is 10.2. The van der Waals surface area contributed by atoms with E-state index in [-0.39, 0.29) is 16.9 Å². The van der Waals surface area contributed by atoms with Gasteiger partial charge in [-0.2, -0.15) is 0 Å². The van der Waals surface area contributed by atoms with Crippen molar-refractivity contribution in [2.75, 3.05) is 44.2 Å². The number of anilines is 1. The van der Waals surface area contributed by atoms with Crippen LogP contribution in [0.2, 0.25) is 0 Å². The quantitative estimate of drug-likeness (QED) is 0.740. The largest absolute Gasteiger partial charge is 0.485 e. The Labute approximate surface area is 164 Å². The Bertz CT molecular complexity index is 762. The van der Waals surface area contributed by atoms with Gasteiger partial charge in [-0.1, -0.05) is 28.1 Å². The minimum absolute atomic E-state index is 0.219. The summed E-state index contributed by atoms with van der Waals surface area (Å²) in [5.41, 5.74) is 0.572. The number of nitrogens with zero attached hydrogens (tertiary/aromatic N) is 2. The standard InChI is InChI=1S/C19H20BrF3N2O2/c20-13-9-16(22)19(17(23)10-13)27-12-14(26)11-24-5-7-25(8-6-24)18-4-2-1-3-15(18)21/h1-4,9-10,14,26H,5-8,11-12H2. The summed E-state index contributed by atoms with van der Waals surface area (Å²) in [6.45, 7) is 2.64. The number of hydrogen-bond donors (Lipinski definition) is 1. The number of hydrogen-bond acceptors (Lipinski definition) is 4. The van der Waals surface area contributed by atoms with E-state index in [4.69, 9.17) is 4.74 Å². The van der Waals surface area contributed by atoms with Crippen LogP contribution in [0.3, 0.4) is 0 Å². The SMILES string of the molecule is OC(COc1c(F)cc(Br)cc1F)CN1CCN(c2ccccc2F)CC1. The van der Waals surface area contributed by atoms with Crippen LogP contribution in [-0.4, -0.2) is 55.4 Å². The van der Waals surface area contributed by atoms with E-state index in [2.05, 4.69) is 15.9 Å². The second kappa shape index (κ2) is 8.95. The average molecular weight is 445 g/mol. The number of para-hydroxylation sites is 1. The van der Waals surface area contributed by atoms with Crippen molar-refractivity contribution in [1.29, 1.82) is 0 Å². The summed E-state index contributed by atoms with van der Waals surface area (Å²) in [7, 11) is 0. The molecule has 1 heterocycles. The van der Waals surface area contributed by atoms with Crippen molar-refractivity contribution in [3.05, 3.63) is 58.3 Å². The molecule has 1 aliphatic heterocycles. The van der Waals surface area contributed by atoms with Gasteiger partial charge in [-0.15, -0.1) is 0 Å². The molecule has 0 saturated carbocycles. The number of benzene rings is 2. The molecule has 1 fully saturated rings. The molecule has 2 aromatic rings. The van der Waals surface area contributed by atoms with Gasteiger partial charge in [0.2, 0.25) is 0 Å². The third-order valence-corrected chi connectivity index (χ3v) is 4.88. The van der Waals surface area contributed by atoms with Crippen molar-refractivity contribution in [2.45, 2.75) is 6.10 Å². The fourth-order valence-corrected chi connectivity index (χ4v) is 3.48. The molecule has 4 nitrogen and oxygen atoms in total. The van der Waals surface area contributed by atoms with Gasteiger partial charge in [0, 0.05) is 37.2 Å². The minimum Gasteiger partial charge on any atom is -0.485 e. The zero-order valence-corrected chi connectivity index (χ0v) is 16.1. The zero-order valence-electron chi connectivity index (χ0n) is 14.5. The molecular formula is C19H20BrF3N2O2. The Morgan fingerprint density at radius 1 is 1.00 bits per heavy atom. The first-order valence-electron chi connectivity index (χ1n) is 8.61. The molecule has 1 aliphatic rings. The number of β-amino-alcohol motifs (C(OH)–C–C–N with tert-alkyl or cyclic N) is 1. The normalized spacial score (nSPS) is 16.4. The van der Waals surface area contributed by atoms with Gasteiger partial charge < -0.3 is 14.7 Å². The van der Waals surface area contributed by atoms with Gasteiger partial charge in [0.25, 0.3) is 0 Å². The topological polar surface area (TPSA) is 35.9 Å². The van der Waals surface area contributed by atoms with Gasteiger partial charge in [-0.3, -0.25) is 4.90 Å². The predicted molar refractivity (Wildman–Crippen MR) is 101 cm³/mol. The number of aliphatic hydroxyl groups excluding tert-OH is 1. The van der Waals surface area contributed by atoms with E-state index >= 15 is 0 Å². The lowest BCUT2D eigenvalue weighted by Crippen LogP contribution is -2.49. The van der Waals surface area contributed by atoms with Crippen LogP contribution < -0.4 is 9.64 Å². The molecule has 0 aliphatic carbocycles. The van der Waals surface area contributed by atoms with Crippen molar-refractivity contribution in [3.8, 4) is 5.75 Å². The summed E-state index contributed by atoms with van der Waals surface area (Å²) < 4.78 is 46.7. The van der Waals surface area contributed by atoms with Crippen LogP contribution in [0.1, 0.15) is 0 Å². The monoisotopic (exact) mass is 444 g/mol. The third-order valence-electron chi connectivity index (χ3n) is 4.42. The molecule has 0 bridgehead atoms. The third kappa shape index (κ3) is 5.15. The summed E-state index contributed by atoms with van der Waals surface area (Å²) in [5.74, 6) is -2.40. The molecule has 1 atom stereocenters. The molecule has 0 radical (unpaired) electrons. The van der Waals surface area contributed by atoms with Crippen LogP contribution >= 0.6 is 15.9 Å². The maximum absolute atomic E-state index is 13.9. The van der Waals surface area contributed by atoms with Crippen molar-refractivity contribution in [3.63, 3.8) is 0 Å². The van der Waals surface area contributed by atoms with E-state index in [1.165, 1.54) is 6.07 Å². The molecule has 1 N–H and O–H groups in total. The van der Waals surface area contributed by atoms with Gasteiger partial charge in [0.1, 0.15) is 18.5 Å². The van der Waals surface area contributed by atoms with E-state index in [9.17, 15) is 18.3 Å². The summed E-state index contributed by atoms with van der Waals surface area (Å²) >= 11 is 3.00. The fraction of sp³-hybridized carbons (Fsp3) is 0.368. The zero-order chi connectivity index (χ0) is 19.4. The molecule has 8 heteroatoms. The molecule has 1 saturated heterocycles. The lowest BCUT2D eigenvalue weighted by Gasteiger charge is -2.36. The fourth-order valence-electron chi connectivity index (χ4n) is 3.08. The van der Waals surface area contributed by atoms with Crippen molar-refractivity contribution < 1.29 is 23.0 Å². The number of aliphatic hydroxyl groups is 1. The van der Waals surface area contributed by atoms with Crippen LogP contribution in [0.4, 0.5) is 18.9 Å². The van der Waals surface area contributed by atoms with Crippen molar-refractivity contribution >= 4 is 21.6 Å². The van der Waals surface area contributed by atoms with E-state index in [0.717, 1.165) is 12.1 Å². The van der Waals surface area contributed by atoms with Gasteiger partial charge in [0.05, 0.1) is 5.69 Å². The first kappa shape index (κ1) is 20.0. The highest BCUT2D eigenvalue weighted by atomic mass is 79.9. The van der Waals surface area contributed by atoms with Crippen molar-refractivity contribution in [1.82, 2.24) is 4.90 Å². The van der Waals surface area contributed by atoms with E-state index in [1.807, 2.05) is 9.80 Å². The highest BCUT2D eigenvalue weighted by Gasteiger charge is 2.22. The van der Waals surface area contributed by atoms with Crippen LogP contribution in [-0.2, 0) is 0 Å². The van der Waals surface area contributed by atoms with Gasteiger partial charge in [-0.05, 0) is 24.3 Å². The average Bonchev–Trinajstić information content (AvgIpc) is 2.62. The summed E-state index contributed by atoms with van der Waals surface area (Å²) in [6.07, 6.45) is -0.896. The molecule has 3 rings (SSSR count). The Morgan fingerprint density at radius 2 is 1.63 bits per heavy atom. The number of ether oxygens (including phenoxy) is 1. The highest BCUT2D eigenvalue weighted by Crippen LogP contribution is 2.26. The van der Waals surface area contributed by atoms with Crippen LogP contribution in [0.25, 0.3) is 0 Å². The molecule has 0 amide bonds. The molecule has 0 aromatic heterocycles. The Hall–Kier alpha value is -1.77. The second-order valence-electron chi connectivity index (χ2n) is 6.40. The molecular weight excluding hydrogens is 425 g/mol. The maximum Gasteiger partial charge on any atom is 0.190 e. The van der Waals surface area contributed by atoms with Gasteiger partial charge in [-0.25, -0.2) is 13.2 Å². The van der Waals surface area contributed by atoms with Crippen molar-refractivity contribution in [2.24, 2.45) is 0 Å². The molecule has 1 unspecified atom stereocenters. The first-order valence-corrected chi connectivity index (χ1v) is 9.40. The Kier molecular flexibility index (Phi) is 6.62. The number of halogens is 4. The number of piperazine rings is 1. The highest BCUT2D eigenvalue weighted by molar-refractivity contribution is 9.10. The Morgan fingerprint density at radius 3 is 2.26 bits per heavy atom. The molecule has 27 heavy (non-hydrogen) atoms. The first-order chi connectivity index (χ1) is 12.9. The molecule has 146 valence electrons. The minimum atomic E-state index is -0.896. The van der Waals surface area contributed by atoms with E-state index in [1.54, 1.807) is 18.2 Å². The molecule has 0 spiro atoms. The summed E-state index contributed by atoms with van der Waals surface area (Å²) in [4.78, 5) is 3.97. The van der Waals surface area contributed by atoms with Gasteiger partial charge >= 0.3 is 0 Å². The van der Waals surface area contributed by atoms with E-state index < -0.39 is 23.5 Å². The predicted octanol–water partition coefficient (Wildman–Crippen LogP) is 3.43.